The Morgan fingerprint density at radius 2 is 1.80 bits per heavy atom. The number of ether oxygens (including phenoxy) is 1. The molecule has 0 saturated carbocycles. The molecule has 2 aromatic carbocycles. The molecule has 0 fully saturated rings. The normalized spacial score (nSPS) is 10.9. The van der Waals surface area contributed by atoms with E-state index in [1.54, 1.807) is 25.3 Å². The first kappa shape index (κ1) is 12.8. The fraction of sp³-hybridized carbons (Fsp3) is 0.0714. The lowest BCUT2D eigenvalue weighted by Gasteiger charge is -2.00. The molecule has 0 unspecified atom stereocenters. The minimum absolute atomic E-state index is 0.466. The Morgan fingerprint density at radius 3 is 2.45 bits per heavy atom. The largest absolute Gasteiger partial charge is 0.497 e. The Balaban J connectivity index is 2.20. The molecule has 0 aliphatic rings. The summed E-state index contributed by atoms with van der Waals surface area (Å²) in [6.45, 7) is 0. The van der Waals surface area contributed by atoms with Crippen molar-refractivity contribution in [1.82, 2.24) is 4.98 Å². The van der Waals surface area contributed by atoms with E-state index < -0.39 is 0 Å². The van der Waals surface area contributed by atoms with Crippen LogP contribution < -0.4 is 16.2 Å². The molecule has 20 heavy (non-hydrogen) atoms. The summed E-state index contributed by atoms with van der Waals surface area (Å²) >= 11 is 3.44. The summed E-state index contributed by atoms with van der Waals surface area (Å²) in [7, 11) is 1.60. The summed E-state index contributed by atoms with van der Waals surface area (Å²) in [5.74, 6) is 1.17. The molecule has 3 aromatic rings. The Hall–Kier alpha value is -2.21. The summed E-state index contributed by atoms with van der Waals surface area (Å²) in [4.78, 5) is 4.45. The highest BCUT2D eigenvalue weighted by atomic mass is 79.9. The van der Waals surface area contributed by atoms with Gasteiger partial charge in [0.25, 0.3) is 0 Å². The first-order valence-corrected chi connectivity index (χ1v) is 6.66. The zero-order chi connectivity index (χ0) is 14.3. The van der Waals surface area contributed by atoms with E-state index in [1.807, 2.05) is 12.1 Å². The number of anilines is 2. The van der Waals surface area contributed by atoms with Crippen molar-refractivity contribution >= 4 is 38.4 Å². The smallest absolute Gasteiger partial charge is 0.227 e. The third kappa shape index (κ3) is 2.18. The van der Waals surface area contributed by atoms with E-state index in [2.05, 4.69) is 20.9 Å². The number of fused-ring (bicyclic) bond motifs is 1. The van der Waals surface area contributed by atoms with E-state index >= 15 is 0 Å². The Bertz CT molecular complexity index is 778. The highest BCUT2D eigenvalue weighted by Crippen LogP contribution is 2.33. The minimum Gasteiger partial charge on any atom is -0.497 e. The highest BCUT2D eigenvalue weighted by Gasteiger charge is 2.13. The van der Waals surface area contributed by atoms with E-state index in [1.165, 1.54) is 0 Å². The lowest BCUT2D eigenvalue weighted by atomic mass is 10.2. The van der Waals surface area contributed by atoms with Gasteiger partial charge in [-0.05, 0) is 40.2 Å². The summed E-state index contributed by atoms with van der Waals surface area (Å²) in [6, 6.07) is 8.86. The Morgan fingerprint density at radius 1 is 1.10 bits per heavy atom. The lowest BCUT2D eigenvalue weighted by Crippen LogP contribution is -1.91. The van der Waals surface area contributed by atoms with Gasteiger partial charge in [0.1, 0.15) is 11.3 Å². The molecule has 0 bridgehead atoms. The average molecular weight is 334 g/mol. The number of nitrogen functional groups attached to an aromatic ring is 2. The SMILES string of the molecule is COc1cc(Br)c2oc(-c3cc(N)cc(N)c3)nc2c1. The first-order chi connectivity index (χ1) is 9.56. The molecular weight excluding hydrogens is 322 g/mol. The maximum atomic E-state index is 5.79. The molecule has 0 radical (unpaired) electrons. The minimum atomic E-state index is 0.466. The van der Waals surface area contributed by atoms with Crippen molar-refractivity contribution in [3.8, 4) is 17.2 Å². The van der Waals surface area contributed by atoms with Crippen LogP contribution in [-0.4, -0.2) is 12.1 Å². The number of hydrogen-bond acceptors (Lipinski definition) is 5. The second kappa shape index (κ2) is 4.72. The van der Waals surface area contributed by atoms with Crippen LogP contribution >= 0.6 is 15.9 Å². The van der Waals surface area contributed by atoms with Crippen LogP contribution in [0.3, 0.4) is 0 Å². The predicted octanol–water partition coefficient (Wildman–Crippen LogP) is 3.43. The van der Waals surface area contributed by atoms with Crippen molar-refractivity contribution in [3.05, 3.63) is 34.8 Å². The maximum Gasteiger partial charge on any atom is 0.227 e. The number of rotatable bonds is 2. The number of hydrogen-bond donors (Lipinski definition) is 2. The van der Waals surface area contributed by atoms with Gasteiger partial charge in [0.15, 0.2) is 5.58 Å². The van der Waals surface area contributed by atoms with E-state index in [0.717, 1.165) is 10.0 Å². The quantitative estimate of drug-likeness (QED) is 0.701. The average Bonchev–Trinajstić information content (AvgIpc) is 2.82. The van der Waals surface area contributed by atoms with E-state index in [-0.39, 0.29) is 0 Å². The second-order valence-electron chi connectivity index (χ2n) is 4.36. The molecular formula is C14H12BrN3O2. The predicted molar refractivity (Wildman–Crippen MR) is 82.5 cm³/mol. The van der Waals surface area contributed by atoms with Crippen LogP contribution in [0.2, 0.25) is 0 Å². The topological polar surface area (TPSA) is 87.3 Å². The summed E-state index contributed by atoms with van der Waals surface area (Å²) in [5.41, 5.74) is 14.8. The number of halogens is 1. The molecule has 1 aromatic heterocycles. The zero-order valence-corrected chi connectivity index (χ0v) is 12.3. The van der Waals surface area contributed by atoms with E-state index in [4.69, 9.17) is 20.6 Å². The summed E-state index contributed by atoms with van der Waals surface area (Å²) < 4.78 is 11.8. The van der Waals surface area contributed by atoms with Gasteiger partial charge in [-0.1, -0.05) is 0 Å². The maximum absolute atomic E-state index is 5.79. The van der Waals surface area contributed by atoms with Crippen LogP contribution in [0.4, 0.5) is 11.4 Å². The van der Waals surface area contributed by atoms with E-state index in [9.17, 15) is 0 Å². The van der Waals surface area contributed by atoms with Gasteiger partial charge in [-0.3, -0.25) is 0 Å². The number of nitrogens with zero attached hydrogens (tertiary/aromatic N) is 1. The molecule has 5 nitrogen and oxygen atoms in total. The molecule has 0 saturated heterocycles. The number of methoxy groups -OCH3 is 1. The van der Waals surface area contributed by atoms with E-state index in [0.29, 0.717) is 34.1 Å². The Labute approximate surface area is 123 Å². The first-order valence-electron chi connectivity index (χ1n) is 5.87. The molecule has 0 aliphatic heterocycles. The van der Waals surface area contributed by atoms with Crippen LogP contribution in [0.5, 0.6) is 5.75 Å². The van der Waals surface area contributed by atoms with Gasteiger partial charge in [-0.15, -0.1) is 0 Å². The van der Waals surface area contributed by atoms with Gasteiger partial charge < -0.3 is 20.6 Å². The van der Waals surface area contributed by atoms with Crippen LogP contribution in [0, 0.1) is 0 Å². The molecule has 102 valence electrons. The van der Waals surface area contributed by atoms with Crippen LogP contribution in [0.25, 0.3) is 22.6 Å². The van der Waals surface area contributed by atoms with Crippen molar-refractivity contribution in [3.63, 3.8) is 0 Å². The second-order valence-corrected chi connectivity index (χ2v) is 5.22. The fourth-order valence-electron chi connectivity index (χ4n) is 2.01. The third-order valence-corrected chi connectivity index (χ3v) is 3.47. The third-order valence-electron chi connectivity index (χ3n) is 2.88. The van der Waals surface area contributed by atoms with Crippen molar-refractivity contribution < 1.29 is 9.15 Å². The van der Waals surface area contributed by atoms with Crippen LogP contribution in [0.1, 0.15) is 0 Å². The molecule has 0 spiro atoms. The fourth-order valence-corrected chi connectivity index (χ4v) is 2.52. The standard InChI is InChI=1S/C14H12BrN3O2/c1-19-10-5-11(15)13-12(6-10)18-14(20-13)7-2-8(16)4-9(17)3-7/h2-6H,16-17H2,1H3. The molecule has 0 aliphatic carbocycles. The highest BCUT2D eigenvalue weighted by molar-refractivity contribution is 9.10. The van der Waals surface area contributed by atoms with Crippen molar-refractivity contribution in [1.29, 1.82) is 0 Å². The number of nitrogens with two attached hydrogens (primary N) is 2. The Kier molecular flexibility index (Phi) is 3.02. The van der Waals surface area contributed by atoms with Crippen molar-refractivity contribution in [2.75, 3.05) is 18.6 Å². The van der Waals surface area contributed by atoms with Crippen molar-refractivity contribution in [2.24, 2.45) is 0 Å². The van der Waals surface area contributed by atoms with Gasteiger partial charge in [-0.25, -0.2) is 4.98 Å². The van der Waals surface area contributed by atoms with Crippen molar-refractivity contribution in [2.45, 2.75) is 0 Å². The molecule has 4 N–H and O–H groups in total. The molecule has 6 heteroatoms. The molecule has 0 amide bonds. The number of oxazole rings is 1. The number of aromatic nitrogens is 1. The molecule has 3 rings (SSSR count). The monoisotopic (exact) mass is 333 g/mol. The van der Waals surface area contributed by atoms with Gasteiger partial charge in [-0.2, -0.15) is 0 Å². The van der Waals surface area contributed by atoms with Gasteiger partial charge >= 0.3 is 0 Å². The van der Waals surface area contributed by atoms with Crippen LogP contribution in [0.15, 0.2) is 39.2 Å². The molecule has 1 heterocycles. The van der Waals surface area contributed by atoms with Gasteiger partial charge in [0.05, 0.1) is 11.6 Å². The molecule has 0 atom stereocenters. The summed E-state index contributed by atoms with van der Waals surface area (Å²) in [6.07, 6.45) is 0. The van der Waals surface area contributed by atoms with Crippen LogP contribution in [-0.2, 0) is 0 Å². The van der Waals surface area contributed by atoms with Gasteiger partial charge in [0.2, 0.25) is 5.89 Å². The number of benzene rings is 2. The lowest BCUT2D eigenvalue weighted by molar-refractivity contribution is 0.415. The zero-order valence-electron chi connectivity index (χ0n) is 10.7. The van der Waals surface area contributed by atoms with Gasteiger partial charge in [0, 0.05) is 23.0 Å². The summed E-state index contributed by atoms with van der Waals surface area (Å²) in [5, 5.41) is 0.